The van der Waals surface area contributed by atoms with Crippen LogP contribution in [-0.2, 0) is 11.3 Å². The second-order valence-electron chi connectivity index (χ2n) is 3.58. The molecule has 1 heterocycles. The molecule has 0 aliphatic carbocycles. The van der Waals surface area contributed by atoms with Gasteiger partial charge in [-0.3, -0.25) is 10.1 Å². The smallest absolute Gasteiger partial charge is 0.320 e. The monoisotopic (exact) mass is 259 g/mol. The molecule has 16 heavy (non-hydrogen) atoms. The number of nitrogens with one attached hydrogen (secondary N) is 1. The van der Waals surface area contributed by atoms with Crippen LogP contribution >= 0.6 is 23.1 Å². The maximum Gasteiger partial charge on any atom is 0.320 e. The first-order chi connectivity index (χ1) is 7.65. The zero-order chi connectivity index (χ0) is 12.0. The van der Waals surface area contributed by atoms with Crippen molar-refractivity contribution in [2.24, 2.45) is 0 Å². The minimum absolute atomic E-state index is 0.436. The molecule has 1 aromatic heterocycles. The molecule has 0 aliphatic rings. The van der Waals surface area contributed by atoms with Crippen LogP contribution in [0.15, 0.2) is 11.4 Å². The highest BCUT2D eigenvalue weighted by Gasteiger charge is 2.16. The number of thioether (sulfide) groups is 1. The first-order valence-corrected chi connectivity index (χ1v) is 7.40. The van der Waals surface area contributed by atoms with Crippen molar-refractivity contribution in [3.63, 3.8) is 0 Å². The summed E-state index contributed by atoms with van der Waals surface area (Å²) in [4.78, 5) is 12.2. The molecule has 0 radical (unpaired) electrons. The van der Waals surface area contributed by atoms with Gasteiger partial charge in [0.1, 0.15) is 6.04 Å². The van der Waals surface area contributed by atoms with E-state index in [1.807, 2.05) is 18.6 Å². The molecule has 2 N–H and O–H groups in total. The molecular weight excluding hydrogens is 242 g/mol. The highest BCUT2D eigenvalue weighted by molar-refractivity contribution is 7.98. The van der Waals surface area contributed by atoms with E-state index in [1.165, 1.54) is 10.4 Å². The van der Waals surface area contributed by atoms with Gasteiger partial charge in [0.05, 0.1) is 0 Å². The fourth-order valence-corrected chi connectivity index (χ4v) is 2.68. The Labute approximate surface area is 104 Å². The highest BCUT2D eigenvalue weighted by Crippen LogP contribution is 2.15. The van der Waals surface area contributed by atoms with Crippen molar-refractivity contribution in [3.05, 3.63) is 21.9 Å². The first-order valence-electron chi connectivity index (χ1n) is 5.13. The van der Waals surface area contributed by atoms with Gasteiger partial charge in [0.15, 0.2) is 0 Å². The topological polar surface area (TPSA) is 49.3 Å². The summed E-state index contributed by atoms with van der Waals surface area (Å²) in [6.07, 6.45) is 2.66. The molecule has 0 aromatic carbocycles. The minimum atomic E-state index is -0.761. The van der Waals surface area contributed by atoms with Crippen LogP contribution in [0.3, 0.4) is 0 Å². The van der Waals surface area contributed by atoms with Crippen LogP contribution < -0.4 is 5.32 Å². The third kappa shape index (κ3) is 4.15. The summed E-state index contributed by atoms with van der Waals surface area (Å²) >= 11 is 3.34. The normalized spacial score (nSPS) is 12.6. The highest BCUT2D eigenvalue weighted by atomic mass is 32.2. The van der Waals surface area contributed by atoms with Crippen LogP contribution in [0.25, 0.3) is 0 Å². The third-order valence-corrected chi connectivity index (χ3v) is 4.05. The zero-order valence-corrected chi connectivity index (χ0v) is 11.2. The number of carboxylic acid groups (broad SMARTS) is 1. The quantitative estimate of drug-likeness (QED) is 0.789. The number of hydrogen-bond acceptors (Lipinski definition) is 4. The summed E-state index contributed by atoms with van der Waals surface area (Å²) in [6.45, 7) is 2.69. The lowest BCUT2D eigenvalue weighted by Crippen LogP contribution is -2.36. The van der Waals surface area contributed by atoms with Crippen LogP contribution in [0.4, 0.5) is 0 Å². The third-order valence-electron chi connectivity index (χ3n) is 2.39. The Balaban J connectivity index is 2.44. The molecule has 0 spiro atoms. The Kier molecular flexibility index (Phi) is 5.87. The SMILES string of the molecule is CSCCC(NCc1sccc1C)C(=O)O. The number of hydrogen-bond donors (Lipinski definition) is 2. The Morgan fingerprint density at radius 1 is 1.69 bits per heavy atom. The lowest BCUT2D eigenvalue weighted by Gasteiger charge is -2.13. The van der Waals surface area contributed by atoms with E-state index in [0.29, 0.717) is 13.0 Å². The van der Waals surface area contributed by atoms with Crippen LogP contribution in [0.1, 0.15) is 16.9 Å². The Hall–Kier alpha value is -0.520. The summed E-state index contributed by atoms with van der Waals surface area (Å²) < 4.78 is 0. The first kappa shape index (κ1) is 13.5. The van der Waals surface area contributed by atoms with Gasteiger partial charge >= 0.3 is 5.97 Å². The molecule has 0 amide bonds. The average molecular weight is 259 g/mol. The second-order valence-corrected chi connectivity index (χ2v) is 5.57. The molecular formula is C11H17NO2S2. The molecule has 0 saturated carbocycles. The van der Waals surface area contributed by atoms with E-state index in [-0.39, 0.29) is 0 Å². The number of rotatable bonds is 7. The van der Waals surface area contributed by atoms with Crippen molar-refractivity contribution in [1.82, 2.24) is 5.32 Å². The summed E-state index contributed by atoms with van der Waals surface area (Å²) in [6, 6.07) is 1.62. The van der Waals surface area contributed by atoms with E-state index in [2.05, 4.69) is 11.4 Å². The Morgan fingerprint density at radius 3 is 2.94 bits per heavy atom. The maximum atomic E-state index is 11.0. The molecule has 1 aromatic rings. The van der Waals surface area contributed by atoms with E-state index < -0.39 is 12.0 Å². The van der Waals surface area contributed by atoms with Gasteiger partial charge in [-0.05, 0) is 42.4 Å². The number of aliphatic carboxylic acids is 1. The predicted molar refractivity (Wildman–Crippen MR) is 70.3 cm³/mol. The van der Waals surface area contributed by atoms with E-state index in [4.69, 9.17) is 5.11 Å². The zero-order valence-electron chi connectivity index (χ0n) is 9.53. The molecule has 1 unspecified atom stereocenters. The fraction of sp³-hybridized carbons (Fsp3) is 0.545. The molecule has 0 saturated heterocycles. The van der Waals surface area contributed by atoms with Gasteiger partial charge in [-0.25, -0.2) is 0 Å². The number of thiophene rings is 1. The van der Waals surface area contributed by atoms with Crippen molar-refractivity contribution in [2.45, 2.75) is 25.9 Å². The average Bonchev–Trinajstić information content (AvgIpc) is 2.64. The largest absolute Gasteiger partial charge is 0.480 e. The Morgan fingerprint density at radius 2 is 2.44 bits per heavy atom. The van der Waals surface area contributed by atoms with Crippen molar-refractivity contribution in [1.29, 1.82) is 0 Å². The van der Waals surface area contributed by atoms with Gasteiger partial charge in [0.2, 0.25) is 0 Å². The summed E-state index contributed by atoms with van der Waals surface area (Å²) in [5, 5.41) is 14.2. The van der Waals surface area contributed by atoms with Crippen molar-refractivity contribution >= 4 is 29.1 Å². The molecule has 5 heteroatoms. The van der Waals surface area contributed by atoms with Gasteiger partial charge in [-0.15, -0.1) is 11.3 Å². The molecule has 90 valence electrons. The number of aryl methyl sites for hydroxylation is 1. The second kappa shape index (κ2) is 6.93. The van der Waals surface area contributed by atoms with Gasteiger partial charge in [0.25, 0.3) is 0 Å². The van der Waals surface area contributed by atoms with E-state index in [0.717, 1.165) is 5.75 Å². The maximum absolute atomic E-state index is 11.0. The Bertz CT molecular complexity index is 338. The standard InChI is InChI=1S/C11H17NO2S2/c1-8-3-6-16-10(8)7-12-9(11(13)14)4-5-15-2/h3,6,9,12H,4-5,7H2,1-2H3,(H,13,14). The van der Waals surface area contributed by atoms with Gasteiger partial charge in [0, 0.05) is 11.4 Å². The molecule has 3 nitrogen and oxygen atoms in total. The van der Waals surface area contributed by atoms with E-state index >= 15 is 0 Å². The molecule has 0 fully saturated rings. The van der Waals surface area contributed by atoms with Crippen LogP contribution in [0.5, 0.6) is 0 Å². The van der Waals surface area contributed by atoms with Gasteiger partial charge < -0.3 is 5.11 Å². The minimum Gasteiger partial charge on any atom is -0.480 e. The molecule has 1 rings (SSSR count). The van der Waals surface area contributed by atoms with Gasteiger partial charge in [-0.1, -0.05) is 0 Å². The van der Waals surface area contributed by atoms with Crippen molar-refractivity contribution in [3.8, 4) is 0 Å². The number of carboxylic acids is 1. The molecule has 1 atom stereocenters. The molecule has 0 aliphatic heterocycles. The predicted octanol–water partition coefficient (Wildman–Crippen LogP) is 2.35. The lowest BCUT2D eigenvalue weighted by molar-refractivity contribution is -0.139. The van der Waals surface area contributed by atoms with Crippen LogP contribution in [0.2, 0.25) is 0 Å². The van der Waals surface area contributed by atoms with E-state index in [1.54, 1.807) is 23.1 Å². The molecule has 0 bridgehead atoms. The fourth-order valence-electron chi connectivity index (χ4n) is 1.35. The number of carbonyl (C=O) groups is 1. The van der Waals surface area contributed by atoms with Crippen molar-refractivity contribution < 1.29 is 9.90 Å². The summed E-state index contributed by atoms with van der Waals surface area (Å²) in [5.41, 5.74) is 1.23. The summed E-state index contributed by atoms with van der Waals surface area (Å²) in [5.74, 6) is 0.108. The van der Waals surface area contributed by atoms with Gasteiger partial charge in [-0.2, -0.15) is 11.8 Å². The summed E-state index contributed by atoms with van der Waals surface area (Å²) in [7, 11) is 0. The van der Waals surface area contributed by atoms with Crippen molar-refractivity contribution in [2.75, 3.05) is 12.0 Å². The van der Waals surface area contributed by atoms with E-state index in [9.17, 15) is 4.79 Å². The lowest BCUT2D eigenvalue weighted by atomic mass is 10.2. The van der Waals surface area contributed by atoms with Crippen LogP contribution in [0, 0.1) is 6.92 Å². The van der Waals surface area contributed by atoms with Crippen LogP contribution in [-0.4, -0.2) is 29.1 Å².